The molecule has 0 amide bonds. The van der Waals surface area contributed by atoms with Crippen LogP contribution in [0.3, 0.4) is 0 Å². The highest BCUT2D eigenvalue weighted by atomic mass is 19.3. The minimum absolute atomic E-state index is 0.246. The summed E-state index contributed by atoms with van der Waals surface area (Å²) in [6.07, 6.45) is -0.622. The normalized spacial score (nSPS) is 20.5. The molecule has 12 heavy (non-hydrogen) atoms. The Morgan fingerprint density at radius 1 is 1.42 bits per heavy atom. The third-order valence-corrected chi connectivity index (χ3v) is 2.11. The Labute approximate surface area is 71.2 Å². The van der Waals surface area contributed by atoms with E-state index < -0.39 is 12.5 Å². The van der Waals surface area contributed by atoms with E-state index in [4.69, 9.17) is 0 Å². The summed E-state index contributed by atoms with van der Waals surface area (Å²) in [5.74, 6) is 0.366. The molecular weight excluding hydrogens is 164 g/mol. The summed E-state index contributed by atoms with van der Waals surface area (Å²) in [4.78, 5) is 1.48. The number of aliphatic hydroxyl groups is 1. The molecule has 0 heterocycles. The van der Waals surface area contributed by atoms with Gasteiger partial charge in [-0.05, 0) is 25.8 Å². The van der Waals surface area contributed by atoms with Crippen molar-refractivity contribution >= 4 is 0 Å². The van der Waals surface area contributed by atoms with Gasteiger partial charge in [0.15, 0.2) is 0 Å². The Bertz CT molecular complexity index is 139. The van der Waals surface area contributed by atoms with Gasteiger partial charge in [-0.2, -0.15) is 0 Å². The van der Waals surface area contributed by atoms with Crippen molar-refractivity contribution in [2.24, 2.45) is 5.92 Å². The third-order valence-electron chi connectivity index (χ3n) is 2.11. The van der Waals surface area contributed by atoms with Gasteiger partial charge >= 0.3 is 0 Å². The van der Waals surface area contributed by atoms with Gasteiger partial charge in [-0.1, -0.05) is 0 Å². The zero-order valence-electron chi connectivity index (χ0n) is 7.21. The Balaban J connectivity index is 2.11. The van der Waals surface area contributed by atoms with Crippen LogP contribution >= 0.6 is 0 Å². The quantitative estimate of drug-likeness (QED) is 0.679. The first-order valence-corrected chi connectivity index (χ1v) is 4.24. The highest BCUT2D eigenvalue weighted by Crippen LogP contribution is 2.32. The van der Waals surface area contributed by atoms with Crippen molar-refractivity contribution in [2.45, 2.75) is 25.4 Å². The molecule has 4 heteroatoms. The Morgan fingerprint density at radius 2 is 2.00 bits per heavy atom. The van der Waals surface area contributed by atoms with Crippen LogP contribution in [0.5, 0.6) is 0 Å². The number of nitrogens with zero attached hydrogens (tertiary/aromatic N) is 1. The van der Waals surface area contributed by atoms with Crippen molar-refractivity contribution in [1.29, 1.82) is 0 Å². The molecule has 1 fully saturated rings. The first-order chi connectivity index (χ1) is 5.59. The Kier molecular flexibility index (Phi) is 3.40. The molecule has 1 aliphatic carbocycles. The minimum atomic E-state index is -2.30. The lowest BCUT2D eigenvalue weighted by molar-refractivity contribution is 0.0605. The van der Waals surface area contributed by atoms with Gasteiger partial charge in [0.1, 0.15) is 0 Å². The molecule has 0 spiro atoms. The lowest BCUT2D eigenvalue weighted by Gasteiger charge is -2.19. The Hall–Kier alpha value is -0.220. The molecule has 1 saturated carbocycles. The number of halogens is 2. The van der Waals surface area contributed by atoms with E-state index in [9.17, 15) is 13.9 Å². The molecule has 1 N–H and O–H groups in total. The molecule has 1 aliphatic rings. The number of alkyl halides is 2. The van der Waals surface area contributed by atoms with Gasteiger partial charge in [0, 0.05) is 6.54 Å². The molecule has 0 aromatic carbocycles. The van der Waals surface area contributed by atoms with E-state index in [-0.39, 0.29) is 6.54 Å². The first kappa shape index (κ1) is 9.86. The molecule has 1 unspecified atom stereocenters. The SMILES string of the molecule is CN(CC(F)F)CC(O)C1CC1. The maximum absolute atomic E-state index is 11.8. The average Bonchev–Trinajstić information content (AvgIpc) is 2.63. The maximum Gasteiger partial charge on any atom is 0.251 e. The van der Waals surface area contributed by atoms with Crippen LogP contribution in [0.25, 0.3) is 0 Å². The van der Waals surface area contributed by atoms with Crippen molar-refractivity contribution in [3.63, 3.8) is 0 Å². The van der Waals surface area contributed by atoms with Crippen LogP contribution in [0.4, 0.5) is 8.78 Å². The van der Waals surface area contributed by atoms with Gasteiger partial charge in [0.2, 0.25) is 0 Å². The molecule has 1 atom stereocenters. The van der Waals surface area contributed by atoms with Crippen LogP contribution < -0.4 is 0 Å². The van der Waals surface area contributed by atoms with Crippen LogP contribution in [0.15, 0.2) is 0 Å². The summed E-state index contributed by atoms with van der Waals surface area (Å²) in [5.41, 5.74) is 0. The predicted octanol–water partition coefficient (Wildman–Crippen LogP) is 0.954. The van der Waals surface area contributed by atoms with Crippen LogP contribution in [0.2, 0.25) is 0 Å². The zero-order chi connectivity index (χ0) is 9.14. The minimum Gasteiger partial charge on any atom is -0.392 e. The lowest BCUT2D eigenvalue weighted by atomic mass is 10.2. The number of hydrogen-bond acceptors (Lipinski definition) is 2. The molecule has 0 aliphatic heterocycles. The van der Waals surface area contributed by atoms with Crippen molar-refractivity contribution in [3.8, 4) is 0 Å². The van der Waals surface area contributed by atoms with Gasteiger partial charge in [0.25, 0.3) is 6.43 Å². The first-order valence-electron chi connectivity index (χ1n) is 4.24. The molecule has 0 bridgehead atoms. The van der Waals surface area contributed by atoms with Crippen molar-refractivity contribution < 1.29 is 13.9 Å². The average molecular weight is 179 g/mol. The molecular formula is C8H15F2NO. The molecule has 0 saturated heterocycles. The monoisotopic (exact) mass is 179 g/mol. The number of rotatable bonds is 5. The number of likely N-dealkylation sites (N-methyl/N-ethyl adjacent to an activating group) is 1. The second kappa shape index (κ2) is 4.14. The standard InChI is InChI=1S/C8H15F2NO/c1-11(5-8(9)10)4-7(12)6-2-3-6/h6-8,12H,2-5H2,1H3. The van der Waals surface area contributed by atoms with Gasteiger partial charge < -0.3 is 5.11 Å². The molecule has 2 nitrogen and oxygen atoms in total. The van der Waals surface area contributed by atoms with Crippen molar-refractivity contribution in [2.75, 3.05) is 20.1 Å². The largest absolute Gasteiger partial charge is 0.392 e. The second-order valence-corrected chi connectivity index (χ2v) is 3.52. The topological polar surface area (TPSA) is 23.5 Å². The zero-order valence-corrected chi connectivity index (χ0v) is 7.21. The van der Waals surface area contributed by atoms with E-state index in [0.717, 1.165) is 12.8 Å². The van der Waals surface area contributed by atoms with Gasteiger partial charge in [0.05, 0.1) is 12.6 Å². The Morgan fingerprint density at radius 3 is 2.42 bits per heavy atom. The molecule has 0 aromatic heterocycles. The summed E-state index contributed by atoms with van der Waals surface area (Å²) in [5, 5.41) is 9.39. The maximum atomic E-state index is 11.8. The molecule has 0 aromatic rings. The summed E-state index contributed by atoms with van der Waals surface area (Å²) in [6, 6.07) is 0. The van der Waals surface area contributed by atoms with E-state index in [1.165, 1.54) is 4.90 Å². The van der Waals surface area contributed by atoms with E-state index in [2.05, 4.69) is 0 Å². The smallest absolute Gasteiger partial charge is 0.251 e. The number of hydrogen-bond donors (Lipinski definition) is 1. The van der Waals surface area contributed by atoms with Crippen LogP contribution in [-0.4, -0.2) is 42.7 Å². The second-order valence-electron chi connectivity index (χ2n) is 3.52. The molecule has 72 valence electrons. The van der Waals surface area contributed by atoms with Gasteiger partial charge in [-0.15, -0.1) is 0 Å². The van der Waals surface area contributed by atoms with E-state index >= 15 is 0 Å². The fourth-order valence-corrected chi connectivity index (χ4v) is 1.26. The van der Waals surface area contributed by atoms with Gasteiger partial charge in [-0.3, -0.25) is 4.90 Å². The summed E-state index contributed by atoms with van der Waals surface area (Å²) in [6.45, 7) is 0.124. The number of aliphatic hydroxyl groups excluding tert-OH is 1. The van der Waals surface area contributed by atoms with E-state index in [1.807, 2.05) is 0 Å². The lowest BCUT2D eigenvalue weighted by Crippen LogP contribution is -2.33. The van der Waals surface area contributed by atoms with Crippen LogP contribution in [0, 0.1) is 5.92 Å². The van der Waals surface area contributed by atoms with Crippen LogP contribution in [-0.2, 0) is 0 Å². The summed E-state index contributed by atoms with van der Waals surface area (Å²) in [7, 11) is 1.61. The fourth-order valence-electron chi connectivity index (χ4n) is 1.26. The highest BCUT2D eigenvalue weighted by molar-refractivity contribution is 4.82. The summed E-state index contributed by atoms with van der Waals surface area (Å²) >= 11 is 0. The fraction of sp³-hybridized carbons (Fsp3) is 1.00. The molecule has 1 rings (SSSR count). The highest BCUT2D eigenvalue weighted by Gasteiger charge is 2.30. The van der Waals surface area contributed by atoms with Gasteiger partial charge in [-0.25, -0.2) is 8.78 Å². The predicted molar refractivity (Wildman–Crippen MR) is 42.2 cm³/mol. The van der Waals surface area contributed by atoms with Crippen molar-refractivity contribution in [3.05, 3.63) is 0 Å². The third kappa shape index (κ3) is 3.45. The van der Waals surface area contributed by atoms with Crippen LogP contribution in [0.1, 0.15) is 12.8 Å². The summed E-state index contributed by atoms with van der Waals surface area (Å²) < 4.78 is 23.7. The molecule has 0 radical (unpaired) electrons. The van der Waals surface area contributed by atoms with Crippen molar-refractivity contribution in [1.82, 2.24) is 4.90 Å². The van der Waals surface area contributed by atoms with E-state index in [1.54, 1.807) is 7.05 Å². The van der Waals surface area contributed by atoms with E-state index in [0.29, 0.717) is 12.5 Å².